The molecular formula is C61H55NO. The van der Waals surface area contributed by atoms with E-state index >= 15 is 0 Å². The highest BCUT2D eigenvalue weighted by atomic mass is 16.5. The van der Waals surface area contributed by atoms with E-state index in [-0.39, 0.29) is 0 Å². The Hall–Kier alpha value is -7.42. The van der Waals surface area contributed by atoms with E-state index in [1.165, 1.54) is 67.2 Å². The van der Waals surface area contributed by atoms with Gasteiger partial charge in [0.2, 0.25) is 0 Å². The third-order valence-corrected chi connectivity index (χ3v) is 11.6. The van der Waals surface area contributed by atoms with Crippen molar-refractivity contribution >= 4 is 33.0 Å². The van der Waals surface area contributed by atoms with Crippen molar-refractivity contribution in [1.29, 1.82) is 0 Å². The number of aryl methyl sites for hydroxylation is 4. The summed E-state index contributed by atoms with van der Waals surface area (Å²) >= 11 is 0. The highest BCUT2D eigenvalue weighted by Gasteiger charge is 2.19. The van der Waals surface area contributed by atoms with E-state index in [9.17, 15) is 0 Å². The molecule has 0 aliphatic carbocycles. The molecule has 63 heavy (non-hydrogen) atoms. The van der Waals surface area contributed by atoms with Gasteiger partial charge in [-0.2, -0.15) is 0 Å². The topological polar surface area (TPSA) is 14.2 Å². The Morgan fingerprint density at radius 2 is 1.08 bits per heavy atom. The summed E-state index contributed by atoms with van der Waals surface area (Å²) in [6, 6.07) is 64.6. The lowest BCUT2D eigenvalue weighted by molar-refractivity contribution is 0.481. The van der Waals surface area contributed by atoms with Gasteiger partial charge in [0.1, 0.15) is 5.75 Å². The minimum Gasteiger partial charge on any atom is -0.464 e. The molecule has 2 heterocycles. The van der Waals surface area contributed by atoms with Gasteiger partial charge in [0.05, 0.1) is 17.3 Å². The lowest BCUT2D eigenvalue weighted by atomic mass is 9.90. The molecule has 1 aromatic heterocycles. The maximum Gasteiger partial charge on any atom is 0.142 e. The molecule has 0 spiro atoms. The van der Waals surface area contributed by atoms with Crippen LogP contribution in [0.1, 0.15) is 53.6 Å². The van der Waals surface area contributed by atoms with Gasteiger partial charge in [-0.15, -0.1) is 0 Å². The average molecular weight is 818 g/mol. The number of ether oxygens (including phenoxy) is 1. The molecule has 10 rings (SSSR count). The molecule has 0 unspecified atom stereocenters. The van der Waals surface area contributed by atoms with Gasteiger partial charge in [0.25, 0.3) is 0 Å². The Balaban J connectivity index is 0.000000269. The fourth-order valence-corrected chi connectivity index (χ4v) is 8.52. The molecule has 8 aromatic carbocycles. The summed E-state index contributed by atoms with van der Waals surface area (Å²) < 4.78 is 8.86. The van der Waals surface area contributed by atoms with Crippen molar-refractivity contribution in [2.75, 3.05) is 0 Å². The van der Waals surface area contributed by atoms with E-state index < -0.39 is 0 Å². The highest BCUT2D eigenvalue weighted by Crippen LogP contribution is 2.43. The predicted molar refractivity (Wildman–Crippen MR) is 272 cm³/mol. The van der Waals surface area contributed by atoms with Gasteiger partial charge in [-0.1, -0.05) is 178 Å². The van der Waals surface area contributed by atoms with Crippen molar-refractivity contribution in [2.45, 2.75) is 48.0 Å². The third kappa shape index (κ3) is 8.99. The Kier molecular flexibility index (Phi) is 12.8. The van der Waals surface area contributed by atoms with E-state index in [1.807, 2.05) is 6.26 Å². The summed E-state index contributed by atoms with van der Waals surface area (Å²) in [6.07, 6.45) is 7.31. The first-order valence-electron chi connectivity index (χ1n) is 22.0. The maximum atomic E-state index is 6.52. The first kappa shape index (κ1) is 42.3. The molecule has 310 valence electrons. The summed E-state index contributed by atoms with van der Waals surface area (Å²) in [7, 11) is 0. The van der Waals surface area contributed by atoms with Crippen LogP contribution in [-0.4, -0.2) is 4.57 Å². The number of para-hydroxylation sites is 2. The van der Waals surface area contributed by atoms with Gasteiger partial charge >= 0.3 is 0 Å². The molecule has 0 bridgehead atoms. The van der Waals surface area contributed by atoms with Crippen molar-refractivity contribution < 1.29 is 4.74 Å². The molecule has 0 N–H and O–H groups in total. The number of fused-ring (bicyclic) bond motifs is 4. The molecule has 0 saturated carbocycles. The second-order valence-corrected chi connectivity index (χ2v) is 16.4. The number of benzene rings is 8. The average Bonchev–Trinajstić information content (AvgIpc) is 3.63. The van der Waals surface area contributed by atoms with Crippen LogP contribution >= 0.6 is 0 Å². The molecule has 9 aromatic rings. The number of hydrogen-bond acceptors (Lipinski definition) is 1. The summed E-state index contributed by atoms with van der Waals surface area (Å²) in [6.45, 7) is 17.4. The fourth-order valence-electron chi connectivity index (χ4n) is 8.52. The quantitative estimate of drug-likeness (QED) is 0.169. The van der Waals surface area contributed by atoms with Crippen LogP contribution in [0.5, 0.6) is 5.75 Å². The second kappa shape index (κ2) is 19.1. The van der Waals surface area contributed by atoms with Crippen LogP contribution in [0.3, 0.4) is 0 Å². The molecule has 1 aliphatic heterocycles. The molecule has 0 radical (unpaired) electrons. The van der Waals surface area contributed by atoms with Crippen molar-refractivity contribution in [3.8, 4) is 44.8 Å². The molecule has 1 aliphatic rings. The van der Waals surface area contributed by atoms with Crippen molar-refractivity contribution in [1.82, 2.24) is 4.57 Å². The molecule has 0 amide bonds. The van der Waals surface area contributed by atoms with Gasteiger partial charge in [-0.3, -0.25) is 0 Å². The van der Waals surface area contributed by atoms with E-state index in [2.05, 4.69) is 247 Å². The summed E-state index contributed by atoms with van der Waals surface area (Å²) in [5.41, 5.74) is 20.0. The maximum absolute atomic E-state index is 6.52. The van der Waals surface area contributed by atoms with Crippen molar-refractivity contribution in [3.63, 3.8) is 0 Å². The number of allylic oxidation sites excluding steroid dienone is 4. The van der Waals surface area contributed by atoms with Crippen LogP contribution in [0.25, 0.3) is 72.0 Å². The number of hydrogen-bond donors (Lipinski definition) is 0. The highest BCUT2D eigenvalue weighted by molar-refractivity contribution is 6.10. The minimum atomic E-state index is 0.833. The monoisotopic (exact) mass is 817 g/mol. The Bertz CT molecular complexity index is 3100. The van der Waals surface area contributed by atoms with Crippen LogP contribution in [-0.2, 0) is 0 Å². The molecular weight excluding hydrogens is 763 g/mol. The number of rotatable bonds is 5. The molecule has 0 atom stereocenters. The Labute approximate surface area is 373 Å². The van der Waals surface area contributed by atoms with Gasteiger partial charge in [0.15, 0.2) is 0 Å². The molecule has 0 fully saturated rings. The SMILES string of the molecule is C=C1/C=C(c2ccc3c(c2)c2ccccc2n3-c2ccccc2)\C=C/Oc2c1ccc(C)c2-c1cccc(-c2cccc(C)c2)c1.CCC.Cc1ccccc1-c1ccccc1C. The van der Waals surface area contributed by atoms with E-state index in [0.29, 0.717) is 0 Å². The summed E-state index contributed by atoms with van der Waals surface area (Å²) in [5.74, 6) is 0.833. The van der Waals surface area contributed by atoms with E-state index in [0.717, 1.165) is 50.4 Å². The van der Waals surface area contributed by atoms with Crippen LogP contribution in [0.2, 0.25) is 0 Å². The fraction of sp³-hybridized carbons (Fsp3) is 0.115. The molecule has 2 nitrogen and oxygen atoms in total. The zero-order valence-corrected chi connectivity index (χ0v) is 37.3. The lowest BCUT2D eigenvalue weighted by Gasteiger charge is -2.20. The normalized spacial score (nSPS) is 13.2. The number of nitrogens with zero attached hydrogens (tertiary/aromatic N) is 1. The van der Waals surface area contributed by atoms with Crippen molar-refractivity contribution in [3.05, 3.63) is 240 Å². The summed E-state index contributed by atoms with van der Waals surface area (Å²) in [4.78, 5) is 0. The van der Waals surface area contributed by atoms with Crippen LogP contribution in [0.15, 0.2) is 207 Å². The smallest absolute Gasteiger partial charge is 0.142 e. The lowest BCUT2D eigenvalue weighted by Crippen LogP contribution is -1.99. The minimum absolute atomic E-state index is 0.833. The zero-order chi connectivity index (χ0) is 43.9. The Morgan fingerprint density at radius 1 is 0.476 bits per heavy atom. The van der Waals surface area contributed by atoms with E-state index in [4.69, 9.17) is 4.74 Å². The molecule has 2 heteroatoms. The van der Waals surface area contributed by atoms with Crippen LogP contribution in [0, 0.1) is 27.7 Å². The summed E-state index contributed by atoms with van der Waals surface area (Å²) in [5, 5.41) is 2.44. The predicted octanol–water partition coefficient (Wildman–Crippen LogP) is 17.1. The third-order valence-electron chi connectivity index (χ3n) is 11.6. The van der Waals surface area contributed by atoms with E-state index in [1.54, 1.807) is 0 Å². The second-order valence-electron chi connectivity index (χ2n) is 16.4. The largest absolute Gasteiger partial charge is 0.464 e. The van der Waals surface area contributed by atoms with Crippen LogP contribution in [0.4, 0.5) is 0 Å². The van der Waals surface area contributed by atoms with Gasteiger partial charge in [-0.25, -0.2) is 0 Å². The number of aromatic nitrogens is 1. The van der Waals surface area contributed by atoms with Gasteiger partial charge < -0.3 is 9.30 Å². The molecule has 0 saturated heterocycles. The first-order valence-corrected chi connectivity index (χ1v) is 22.0. The standard InChI is InChI=1S/C44H33NO.C14H14.C3H8/c1-29-11-9-12-32(25-29)33-13-10-14-36(27-33)43-30(2)19-21-38-31(3)26-35(23-24-46-44(38)43)34-20-22-42-40(28-34)39-17-7-8-18-41(39)45(42)37-15-5-4-6-16-37;1-11-7-3-5-9-13(11)14-10-6-4-8-12(14)2;1-3-2/h4-28H,3H2,1-2H3;3-10H,1-2H3;3H2,1-2H3/b24-23-,35-26+;;. The van der Waals surface area contributed by atoms with Crippen molar-refractivity contribution in [2.24, 2.45) is 0 Å². The van der Waals surface area contributed by atoms with Gasteiger partial charge in [-0.05, 0) is 137 Å². The Morgan fingerprint density at radius 3 is 1.78 bits per heavy atom. The first-order chi connectivity index (χ1) is 30.7. The van der Waals surface area contributed by atoms with Crippen LogP contribution < -0.4 is 4.74 Å². The van der Waals surface area contributed by atoms with Gasteiger partial charge in [0, 0.05) is 27.6 Å². The zero-order valence-electron chi connectivity index (χ0n) is 37.3.